The van der Waals surface area contributed by atoms with Crippen LogP contribution < -0.4 is 0 Å². The molecule has 58 heavy (non-hydrogen) atoms. The number of allylic oxidation sites excluding steroid dienone is 2. The van der Waals surface area contributed by atoms with Crippen LogP contribution in [-0.4, -0.2) is 67.7 Å². The molecule has 2 unspecified atom stereocenters. The highest BCUT2D eigenvalue weighted by Crippen LogP contribution is 2.30. The number of terminal acetylenes is 1. The summed E-state index contributed by atoms with van der Waals surface area (Å²) < 4.78 is 8.30. The fourth-order valence-electron chi connectivity index (χ4n) is 4.86. The number of aryl methyl sites for hydroxylation is 3. The maximum atomic E-state index is 12.1. The lowest BCUT2D eigenvalue weighted by Crippen LogP contribution is -2.15. The van der Waals surface area contributed by atoms with Crippen molar-refractivity contribution < 1.29 is 9.59 Å². The second kappa shape index (κ2) is 22.1. The van der Waals surface area contributed by atoms with Crippen molar-refractivity contribution in [3.05, 3.63) is 134 Å². The number of aromatic nitrogens is 8. The number of nitrogens with zero attached hydrogens (tertiary/aromatic N) is 10. The third-order valence-corrected chi connectivity index (χ3v) is 10.8. The molecule has 2 atom stereocenters. The molecule has 12 nitrogen and oxygen atoms in total. The summed E-state index contributed by atoms with van der Waals surface area (Å²) in [6.07, 6.45) is 16.9. The molecule has 1 aliphatic carbocycles. The summed E-state index contributed by atoms with van der Waals surface area (Å²) in [7, 11) is 5.42. The molecule has 0 amide bonds. The van der Waals surface area contributed by atoms with E-state index in [0.717, 1.165) is 31.7 Å². The average Bonchev–Trinajstić information content (AvgIpc) is 4.07. The number of thioether (sulfide) groups is 1. The molecule has 0 saturated carbocycles. The number of aliphatic imine (C=N–C) groups is 1. The average molecular weight is 937 g/mol. The van der Waals surface area contributed by atoms with Crippen LogP contribution in [0.2, 0.25) is 0 Å². The smallest absolute Gasteiger partial charge is 0.253 e. The van der Waals surface area contributed by atoms with Gasteiger partial charge in [-0.15, -0.1) is 40.9 Å². The number of carbonyl (C=O) groups excluding carboxylic acids is 2. The van der Waals surface area contributed by atoms with E-state index in [2.05, 4.69) is 94.9 Å². The summed E-state index contributed by atoms with van der Waals surface area (Å²) in [5.41, 5.74) is 10.4. The molecule has 0 bridgehead atoms. The van der Waals surface area contributed by atoms with Crippen molar-refractivity contribution in [2.45, 2.75) is 25.6 Å². The number of Topliss-reactive ketones (excluding diaryl/α,β-unsaturated/α-hetero) is 2. The zero-order valence-corrected chi connectivity index (χ0v) is 35.6. The van der Waals surface area contributed by atoms with Gasteiger partial charge in [0, 0.05) is 61.4 Å². The van der Waals surface area contributed by atoms with Gasteiger partial charge in [-0.25, -0.2) is 9.97 Å². The van der Waals surface area contributed by atoms with E-state index in [1.165, 1.54) is 32.6 Å². The molecule has 292 valence electrons. The van der Waals surface area contributed by atoms with Gasteiger partial charge in [-0.3, -0.25) is 28.6 Å². The summed E-state index contributed by atoms with van der Waals surface area (Å²) in [6.45, 7) is 1.43. The van der Waals surface area contributed by atoms with Crippen LogP contribution in [0, 0.1) is 35.5 Å². The number of nitriles is 1. The van der Waals surface area contributed by atoms with E-state index < -0.39 is 11.6 Å². The number of rotatable bonds is 3. The molecule has 1 aliphatic heterocycles. The molecule has 0 saturated heterocycles. The first kappa shape index (κ1) is 44.7. The topological polar surface area (TPSA) is 150 Å². The number of ketones is 2. The minimum absolute atomic E-state index is 0. The van der Waals surface area contributed by atoms with E-state index in [0.29, 0.717) is 22.5 Å². The maximum Gasteiger partial charge on any atom is 0.253 e. The van der Waals surface area contributed by atoms with Crippen molar-refractivity contribution in [3.63, 3.8) is 0 Å². The van der Waals surface area contributed by atoms with Gasteiger partial charge in [-0.2, -0.15) is 20.6 Å². The lowest BCUT2D eigenvalue weighted by Gasteiger charge is -2.13. The Bertz CT molecular complexity index is 2740. The van der Waals surface area contributed by atoms with Crippen LogP contribution in [0.3, 0.4) is 0 Å². The lowest BCUT2D eigenvalue weighted by atomic mass is 10.1. The number of halogens is 1. The minimum atomic E-state index is -0.593. The number of hydrogen-bond donors (Lipinski definition) is 0. The van der Waals surface area contributed by atoms with Gasteiger partial charge in [0.15, 0.2) is 0 Å². The van der Waals surface area contributed by atoms with Crippen molar-refractivity contribution in [1.82, 2.24) is 39.3 Å². The van der Waals surface area contributed by atoms with Crippen molar-refractivity contribution in [2.75, 3.05) is 0 Å². The van der Waals surface area contributed by atoms with E-state index in [9.17, 15) is 9.59 Å². The fraction of sp³-hybridized carbons (Fsp3) is 0.167. The van der Waals surface area contributed by atoms with Gasteiger partial charge in [0.05, 0.1) is 54.4 Å². The van der Waals surface area contributed by atoms with Crippen molar-refractivity contribution in [1.29, 1.82) is 5.26 Å². The molecule has 5 aromatic heterocycles. The Morgan fingerprint density at radius 1 is 0.810 bits per heavy atom. The summed E-state index contributed by atoms with van der Waals surface area (Å²) >= 11 is 7.21. The standard InChI is InChI=1S/C13H9N3O2S.C13H9N3S.C7H6INS.C6H6N2.C2H3N.CH4/c1-16-5-4-10(15-16)13(18)12(17)8-2-3-9-11(6-8)19-7-14-9;1-16-7-6-11(15-16)4-2-10-3-5-12-13(8-10)17-9-14-12;8-5-1-2-6-7(3-5)10-4-9-6;1-3-6-4-5-8(2)7-6;1-2-3;/h2-7H,1H3;3,5-9H,1H3;1-4,6-7H;1,4-5H,2H3;1H3;1H4. The number of hydrogen-bond acceptors (Lipinski definition) is 12. The van der Waals surface area contributed by atoms with Gasteiger partial charge in [-0.1, -0.05) is 31.6 Å². The largest absolute Gasteiger partial charge is 0.285 e. The van der Waals surface area contributed by atoms with Crippen LogP contribution in [0.1, 0.15) is 52.1 Å². The van der Waals surface area contributed by atoms with Gasteiger partial charge in [-0.05, 0) is 89.0 Å². The van der Waals surface area contributed by atoms with Crippen LogP contribution in [0.25, 0.3) is 20.4 Å². The van der Waals surface area contributed by atoms with Crippen LogP contribution in [0.4, 0.5) is 0 Å². The zero-order valence-electron chi connectivity index (χ0n) is 31.0. The Kier molecular flexibility index (Phi) is 17.0. The first-order chi connectivity index (χ1) is 27.6. The van der Waals surface area contributed by atoms with E-state index in [1.807, 2.05) is 55.7 Å². The quantitative estimate of drug-likeness (QED) is 0.0736. The molecule has 0 spiro atoms. The zero-order chi connectivity index (χ0) is 40.7. The van der Waals surface area contributed by atoms with Crippen molar-refractivity contribution in [3.8, 4) is 30.3 Å². The maximum absolute atomic E-state index is 12.1. The van der Waals surface area contributed by atoms with Crippen LogP contribution >= 0.6 is 57.0 Å². The Balaban J connectivity index is 0.000000174. The molecule has 16 heteroatoms. The summed E-state index contributed by atoms with van der Waals surface area (Å²) in [4.78, 5) is 36.8. The highest BCUT2D eigenvalue weighted by Gasteiger charge is 2.23. The van der Waals surface area contributed by atoms with Gasteiger partial charge < -0.3 is 0 Å². The summed E-state index contributed by atoms with van der Waals surface area (Å²) in [5.74, 6) is 7.43. The van der Waals surface area contributed by atoms with E-state index in [4.69, 9.17) is 11.7 Å². The van der Waals surface area contributed by atoms with E-state index in [-0.39, 0.29) is 13.1 Å². The van der Waals surface area contributed by atoms with Gasteiger partial charge in [0.25, 0.3) is 5.78 Å². The first-order valence-corrected chi connectivity index (χ1v) is 20.6. The molecule has 6 heterocycles. The highest BCUT2D eigenvalue weighted by atomic mass is 127. The SMILES string of the molecule is C.C#Cc1ccn(C)n1.CC#N.Cn1ccc(C#Cc2ccc3ncsc3c2)n1.Cn1ccc(C(=O)C(=O)c2ccc3ncsc3c2)n1.IC1=CC2SC=NC2C=C1. The second-order valence-corrected chi connectivity index (χ2v) is 15.8. The van der Waals surface area contributed by atoms with Crippen LogP contribution in [0.15, 0.2) is 111 Å². The van der Waals surface area contributed by atoms with Crippen molar-refractivity contribution >= 4 is 94.6 Å². The minimum Gasteiger partial charge on any atom is -0.285 e. The molecule has 7 aromatic rings. The predicted molar refractivity (Wildman–Crippen MR) is 244 cm³/mol. The Morgan fingerprint density at radius 2 is 1.41 bits per heavy atom. The molecule has 0 N–H and O–H groups in total. The Hall–Kier alpha value is -5.97. The molecule has 9 rings (SSSR count). The summed E-state index contributed by atoms with van der Waals surface area (Å²) in [6, 6.07) is 18.5. The Labute approximate surface area is 362 Å². The monoisotopic (exact) mass is 936 g/mol. The van der Waals surface area contributed by atoms with Gasteiger partial charge in [0.1, 0.15) is 17.1 Å². The number of thiazole rings is 2. The predicted octanol–water partition coefficient (Wildman–Crippen LogP) is 8.48. The molecular formula is C42H37IN10O2S3. The summed E-state index contributed by atoms with van der Waals surface area (Å²) in [5, 5.41) is 20.0. The number of benzene rings is 2. The van der Waals surface area contributed by atoms with Crippen LogP contribution in [-0.2, 0) is 21.1 Å². The molecule has 2 aromatic carbocycles. The van der Waals surface area contributed by atoms with Gasteiger partial charge in [0.2, 0.25) is 5.78 Å². The number of fused-ring (bicyclic) bond motifs is 3. The highest BCUT2D eigenvalue weighted by molar-refractivity contribution is 14.1. The third kappa shape index (κ3) is 12.8. The Morgan fingerprint density at radius 3 is 2.00 bits per heavy atom. The fourth-order valence-corrected chi connectivity index (χ4v) is 8.03. The molecule has 2 aliphatic rings. The van der Waals surface area contributed by atoms with Crippen LogP contribution in [0.5, 0.6) is 0 Å². The van der Waals surface area contributed by atoms with Gasteiger partial charge >= 0.3 is 0 Å². The lowest BCUT2D eigenvalue weighted by molar-refractivity contribution is 0.0813. The van der Waals surface area contributed by atoms with E-state index >= 15 is 0 Å². The first-order valence-electron chi connectivity index (χ1n) is 16.8. The number of carbonyl (C=O) groups is 2. The van der Waals surface area contributed by atoms with Crippen molar-refractivity contribution in [2.24, 2.45) is 26.1 Å². The van der Waals surface area contributed by atoms with E-state index in [1.54, 1.807) is 81.6 Å². The normalized spacial score (nSPS) is 14.0. The molecule has 0 radical (unpaired) electrons. The second-order valence-electron chi connectivity index (χ2n) is 11.7. The molecular weight excluding hydrogens is 900 g/mol. The third-order valence-electron chi connectivity index (χ3n) is 7.55. The molecule has 0 fully saturated rings.